The number of aliphatic hydroxyl groups excluding tert-OH is 1. The smallest absolute Gasteiger partial charge is 0.134 e. The summed E-state index contributed by atoms with van der Waals surface area (Å²) in [6, 6.07) is 4.27. The molecule has 2 aliphatic rings. The van der Waals surface area contributed by atoms with Crippen molar-refractivity contribution < 1.29 is 14.6 Å². The molecule has 1 aliphatic carbocycles. The highest BCUT2D eigenvalue weighted by Gasteiger charge is 2.45. The molecule has 2 atom stereocenters. The van der Waals surface area contributed by atoms with Crippen LogP contribution in [0.15, 0.2) is 36.1 Å². The lowest BCUT2D eigenvalue weighted by atomic mass is 9.68. The third-order valence-corrected chi connectivity index (χ3v) is 5.48. The minimum Gasteiger partial charge on any atom is -0.487 e. The van der Waals surface area contributed by atoms with Crippen LogP contribution >= 0.6 is 0 Å². The first-order valence-electron chi connectivity index (χ1n) is 9.35. The quantitative estimate of drug-likeness (QED) is 0.595. The molecule has 0 amide bonds. The predicted molar refractivity (Wildman–Crippen MR) is 101 cm³/mol. The van der Waals surface area contributed by atoms with Crippen molar-refractivity contribution in [3.8, 4) is 11.5 Å². The summed E-state index contributed by atoms with van der Waals surface area (Å²) in [5.41, 5.74) is 3.53. The van der Waals surface area contributed by atoms with E-state index in [-0.39, 0.29) is 18.1 Å². The fraction of sp³-hybridized carbons (Fsp3) is 0.545. The van der Waals surface area contributed by atoms with Gasteiger partial charge in [-0.05, 0) is 57.7 Å². The fourth-order valence-electron chi connectivity index (χ4n) is 4.27. The second kappa shape index (κ2) is 6.87. The Balaban J connectivity index is 2.15. The second-order valence-corrected chi connectivity index (χ2v) is 7.94. The van der Waals surface area contributed by atoms with Gasteiger partial charge in [0.15, 0.2) is 0 Å². The zero-order chi connectivity index (χ0) is 18.2. The Morgan fingerprint density at radius 3 is 2.84 bits per heavy atom. The molecule has 3 heteroatoms. The summed E-state index contributed by atoms with van der Waals surface area (Å²) < 4.78 is 12.4. The highest BCUT2D eigenvalue weighted by atomic mass is 16.5. The highest BCUT2D eigenvalue weighted by Crippen LogP contribution is 2.53. The minimum atomic E-state index is -0.203. The molecule has 0 saturated heterocycles. The minimum absolute atomic E-state index is 0.178. The lowest BCUT2D eigenvalue weighted by Crippen LogP contribution is -2.45. The van der Waals surface area contributed by atoms with Crippen LogP contribution in [0.25, 0.3) is 0 Å². The van der Waals surface area contributed by atoms with E-state index in [2.05, 4.69) is 52.5 Å². The number of rotatable bonds is 5. The number of benzene rings is 1. The number of hydrogen-bond donors (Lipinski definition) is 1. The van der Waals surface area contributed by atoms with Gasteiger partial charge in [0.2, 0.25) is 0 Å². The molecule has 1 N–H and O–H groups in total. The summed E-state index contributed by atoms with van der Waals surface area (Å²) in [7, 11) is 0. The summed E-state index contributed by atoms with van der Waals surface area (Å²) >= 11 is 0. The van der Waals surface area contributed by atoms with Crippen molar-refractivity contribution in [1.29, 1.82) is 0 Å². The average molecular weight is 342 g/mol. The molecule has 25 heavy (non-hydrogen) atoms. The summed E-state index contributed by atoms with van der Waals surface area (Å²) in [6.45, 7) is 12.4. The van der Waals surface area contributed by atoms with E-state index in [0.29, 0.717) is 11.7 Å². The summed E-state index contributed by atoms with van der Waals surface area (Å²) in [4.78, 5) is 0. The molecular formula is C22H30O3. The van der Waals surface area contributed by atoms with E-state index in [1.807, 2.05) is 0 Å². The van der Waals surface area contributed by atoms with Crippen LogP contribution in [0.3, 0.4) is 0 Å². The molecule has 136 valence electrons. The van der Waals surface area contributed by atoms with Crippen LogP contribution in [-0.4, -0.2) is 17.3 Å². The average Bonchev–Trinajstić information content (AvgIpc) is 2.53. The maximum Gasteiger partial charge on any atom is 0.134 e. The van der Waals surface area contributed by atoms with Gasteiger partial charge in [0.1, 0.15) is 29.5 Å². The van der Waals surface area contributed by atoms with Gasteiger partial charge in [0.05, 0.1) is 0 Å². The van der Waals surface area contributed by atoms with Crippen LogP contribution in [-0.2, 0) is 6.42 Å². The molecule has 2 unspecified atom stereocenters. The lowest BCUT2D eigenvalue weighted by molar-refractivity contribution is 0.0107. The number of aryl methyl sites for hydroxylation is 1. The predicted octanol–water partition coefficient (Wildman–Crippen LogP) is 5.13. The molecule has 0 spiro atoms. The van der Waals surface area contributed by atoms with Crippen LogP contribution in [0.2, 0.25) is 0 Å². The first-order valence-corrected chi connectivity index (χ1v) is 9.35. The Morgan fingerprint density at radius 1 is 1.40 bits per heavy atom. The van der Waals surface area contributed by atoms with Crippen molar-refractivity contribution in [3.05, 3.63) is 47.2 Å². The van der Waals surface area contributed by atoms with Gasteiger partial charge in [0, 0.05) is 17.4 Å². The van der Waals surface area contributed by atoms with Crippen molar-refractivity contribution in [2.45, 2.75) is 64.9 Å². The molecule has 1 aliphatic heterocycles. The number of allylic oxidation sites excluding steroid dienone is 2. The molecular weight excluding hydrogens is 312 g/mol. The third kappa shape index (κ3) is 3.48. The van der Waals surface area contributed by atoms with Gasteiger partial charge in [-0.15, -0.1) is 0 Å². The Morgan fingerprint density at radius 2 is 2.16 bits per heavy atom. The normalized spacial score (nSPS) is 23.8. The molecule has 0 aromatic heterocycles. The fourth-order valence-corrected chi connectivity index (χ4v) is 4.27. The molecule has 1 heterocycles. The van der Waals surface area contributed by atoms with Crippen molar-refractivity contribution >= 4 is 0 Å². The zero-order valence-corrected chi connectivity index (χ0v) is 15.9. The van der Waals surface area contributed by atoms with E-state index >= 15 is 0 Å². The molecule has 1 aromatic rings. The Kier molecular flexibility index (Phi) is 4.97. The maximum atomic E-state index is 9.36. The van der Waals surface area contributed by atoms with Gasteiger partial charge in [-0.3, -0.25) is 0 Å². The van der Waals surface area contributed by atoms with Gasteiger partial charge in [-0.2, -0.15) is 0 Å². The van der Waals surface area contributed by atoms with Gasteiger partial charge in [-0.1, -0.05) is 31.6 Å². The van der Waals surface area contributed by atoms with E-state index in [1.165, 1.54) is 11.1 Å². The first kappa shape index (κ1) is 18.1. The zero-order valence-electron chi connectivity index (χ0n) is 15.9. The van der Waals surface area contributed by atoms with Crippen LogP contribution in [0.1, 0.15) is 64.0 Å². The summed E-state index contributed by atoms with van der Waals surface area (Å²) in [5.74, 6) is 2.78. The van der Waals surface area contributed by atoms with Crippen LogP contribution < -0.4 is 9.47 Å². The highest BCUT2D eigenvalue weighted by molar-refractivity contribution is 5.55. The molecule has 3 nitrogen and oxygen atoms in total. The molecule has 1 aromatic carbocycles. The third-order valence-electron chi connectivity index (χ3n) is 5.48. The van der Waals surface area contributed by atoms with Gasteiger partial charge < -0.3 is 14.6 Å². The van der Waals surface area contributed by atoms with Gasteiger partial charge >= 0.3 is 0 Å². The van der Waals surface area contributed by atoms with Crippen LogP contribution in [0, 0.1) is 5.92 Å². The van der Waals surface area contributed by atoms with E-state index < -0.39 is 0 Å². The molecule has 0 bridgehead atoms. The van der Waals surface area contributed by atoms with Gasteiger partial charge in [-0.25, -0.2) is 0 Å². The van der Waals surface area contributed by atoms with Crippen molar-refractivity contribution in [2.75, 3.05) is 6.61 Å². The van der Waals surface area contributed by atoms with E-state index in [9.17, 15) is 5.11 Å². The van der Waals surface area contributed by atoms with Crippen molar-refractivity contribution in [1.82, 2.24) is 0 Å². The Labute approximate surface area is 151 Å². The molecule has 0 saturated carbocycles. The molecule has 0 radical (unpaired) electrons. The molecule has 3 rings (SSSR count). The lowest BCUT2D eigenvalue weighted by Gasteiger charge is -2.46. The van der Waals surface area contributed by atoms with Crippen molar-refractivity contribution in [3.63, 3.8) is 0 Å². The summed E-state index contributed by atoms with van der Waals surface area (Å²) in [6.07, 6.45) is 6.66. The summed E-state index contributed by atoms with van der Waals surface area (Å²) in [5, 5.41) is 9.36. The monoisotopic (exact) mass is 342 g/mol. The SMILES string of the molecule is C=C(CO)Oc1cc(CCC)cc2c1C1C=C(C)CCC1C(C)(C)O2. The Bertz CT molecular complexity index is 699. The van der Waals surface area contributed by atoms with E-state index in [1.54, 1.807) is 0 Å². The standard InChI is InChI=1S/C22H30O3/c1-6-7-16-11-19(24-15(3)13-23)21-17-10-14(2)8-9-18(17)22(4,5)25-20(21)12-16/h10-12,17-18,23H,3,6-9,13H2,1-2,4-5H3. The number of aliphatic hydroxyl groups is 1. The first-order chi connectivity index (χ1) is 11.9. The maximum absolute atomic E-state index is 9.36. The topological polar surface area (TPSA) is 38.7 Å². The van der Waals surface area contributed by atoms with E-state index in [0.717, 1.165) is 42.7 Å². The number of ether oxygens (including phenoxy) is 2. The molecule has 0 fully saturated rings. The Hall–Kier alpha value is -1.74. The van der Waals surface area contributed by atoms with Crippen LogP contribution in [0.4, 0.5) is 0 Å². The van der Waals surface area contributed by atoms with E-state index in [4.69, 9.17) is 9.47 Å². The van der Waals surface area contributed by atoms with Crippen molar-refractivity contribution in [2.24, 2.45) is 5.92 Å². The largest absolute Gasteiger partial charge is 0.487 e. The number of fused-ring (bicyclic) bond motifs is 3. The second-order valence-electron chi connectivity index (χ2n) is 7.94. The van der Waals surface area contributed by atoms with Crippen LogP contribution in [0.5, 0.6) is 11.5 Å². The van der Waals surface area contributed by atoms with Gasteiger partial charge in [0.25, 0.3) is 0 Å². The number of hydrogen-bond acceptors (Lipinski definition) is 3.